The summed E-state index contributed by atoms with van der Waals surface area (Å²) in [5.41, 5.74) is 1.50. The van der Waals surface area contributed by atoms with E-state index in [1.54, 1.807) is 31.4 Å². The normalized spacial score (nSPS) is 12.9. The Balaban J connectivity index is 1.67. The standard InChI is InChI=1S/C19H17ClO5/c1-22-16-10-13(11-17-19(16)24-9-8-23-17)6-7-18(21)25-12-14-4-2-3-5-15(14)20/h2-7,10-11H,8-9,12H2,1H3/b7-6+. The molecule has 6 heteroatoms. The van der Waals surface area contributed by atoms with Gasteiger partial charge in [0.1, 0.15) is 19.8 Å². The van der Waals surface area contributed by atoms with Crippen molar-refractivity contribution in [2.45, 2.75) is 6.61 Å². The van der Waals surface area contributed by atoms with Crippen molar-refractivity contribution in [2.24, 2.45) is 0 Å². The van der Waals surface area contributed by atoms with Gasteiger partial charge in [0.2, 0.25) is 5.75 Å². The van der Waals surface area contributed by atoms with Crippen LogP contribution in [0.15, 0.2) is 42.5 Å². The average Bonchev–Trinajstić information content (AvgIpc) is 2.65. The Bertz CT molecular complexity index is 783. The fraction of sp³-hybridized carbons (Fsp3) is 0.211. The van der Waals surface area contributed by atoms with E-state index in [9.17, 15) is 4.79 Å². The molecule has 0 spiro atoms. The zero-order chi connectivity index (χ0) is 17.6. The van der Waals surface area contributed by atoms with E-state index < -0.39 is 5.97 Å². The van der Waals surface area contributed by atoms with Crippen molar-refractivity contribution < 1.29 is 23.7 Å². The average molecular weight is 361 g/mol. The van der Waals surface area contributed by atoms with Crippen LogP contribution in [0.5, 0.6) is 17.2 Å². The molecular weight excluding hydrogens is 344 g/mol. The van der Waals surface area contributed by atoms with E-state index in [4.69, 9.17) is 30.5 Å². The van der Waals surface area contributed by atoms with Crippen molar-refractivity contribution in [2.75, 3.05) is 20.3 Å². The predicted octanol–water partition coefficient (Wildman–Crippen LogP) is 3.88. The number of rotatable bonds is 5. The van der Waals surface area contributed by atoms with Crippen molar-refractivity contribution in [3.05, 3.63) is 58.6 Å². The van der Waals surface area contributed by atoms with Gasteiger partial charge in [-0.3, -0.25) is 0 Å². The molecule has 0 aromatic heterocycles. The highest BCUT2D eigenvalue weighted by Gasteiger charge is 2.17. The van der Waals surface area contributed by atoms with Crippen molar-refractivity contribution in [3.63, 3.8) is 0 Å². The summed E-state index contributed by atoms with van der Waals surface area (Å²) in [6, 6.07) is 10.8. The first-order chi connectivity index (χ1) is 12.2. The van der Waals surface area contributed by atoms with Crippen molar-refractivity contribution in [1.29, 1.82) is 0 Å². The molecule has 130 valence electrons. The molecule has 1 aliphatic heterocycles. The predicted molar refractivity (Wildman–Crippen MR) is 94.3 cm³/mol. The van der Waals surface area contributed by atoms with Gasteiger partial charge in [-0.15, -0.1) is 0 Å². The van der Waals surface area contributed by atoms with E-state index in [1.165, 1.54) is 6.08 Å². The number of carbonyl (C=O) groups is 1. The van der Waals surface area contributed by atoms with E-state index in [0.717, 1.165) is 11.1 Å². The second-order valence-corrected chi connectivity index (χ2v) is 5.69. The minimum atomic E-state index is -0.464. The minimum Gasteiger partial charge on any atom is -0.493 e. The number of methoxy groups -OCH3 is 1. The summed E-state index contributed by atoms with van der Waals surface area (Å²) >= 11 is 6.03. The first-order valence-corrected chi connectivity index (χ1v) is 8.11. The Hall–Kier alpha value is -2.66. The third kappa shape index (κ3) is 4.25. The molecule has 25 heavy (non-hydrogen) atoms. The van der Waals surface area contributed by atoms with E-state index in [2.05, 4.69) is 0 Å². The maximum absolute atomic E-state index is 11.9. The van der Waals surface area contributed by atoms with Crippen LogP contribution in [0.4, 0.5) is 0 Å². The van der Waals surface area contributed by atoms with Gasteiger partial charge in [-0.25, -0.2) is 4.79 Å². The molecule has 0 amide bonds. The molecule has 0 bridgehead atoms. The molecule has 0 unspecified atom stereocenters. The maximum Gasteiger partial charge on any atom is 0.331 e. The monoisotopic (exact) mass is 360 g/mol. The van der Waals surface area contributed by atoms with Gasteiger partial charge in [-0.2, -0.15) is 0 Å². The van der Waals surface area contributed by atoms with E-state index in [-0.39, 0.29) is 6.61 Å². The number of hydrogen-bond acceptors (Lipinski definition) is 5. The lowest BCUT2D eigenvalue weighted by Crippen LogP contribution is -2.16. The molecule has 0 saturated carbocycles. The van der Waals surface area contributed by atoms with Crippen molar-refractivity contribution in [3.8, 4) is 17.2 Å². The van der Waals surface area contributed by atoms with Crippen LogP contribution in [0.25, 0.3) is 6.08 Å². The lowest BCUT2D eigenvalue weighted by molar-refractivity contribution is -0.138. The van der Waals surface area contributed by atoms with Gasteiger partial charge >= 0.3 is 5.97 Å². The highest BCUT2D eigenvalue weighted by atomic mass is 35.5. The number of hydrogen-bond donors (Lipinski definition) is 0. The molecule has 3 rings (SSSR count). The number of halogens is 1. The van der Waals surface area contributed by atoms with Crippen LogP contribution in [0.2, 0.25) is 5.02 Å². The third-order valence-corrected chi connectivity index (χ3v) is 3.96. The van der Waals surface area contributed by atoms with Gasteiger partial charge in [0.05, 0.1) is 7.11 Å². The topological polar surface area (TPSA) is 54.0 Å². The minimum absolute atomic E-state index is 0.118. The Morgan fingerprint density at radius 1 is 1.24 bits per heavy atom. The molecule has 1 heterocycles. The van der Waals surface area contributed by atoms with Crippen LogP contribution in [0.3, 0.4) is 0 Å². The highest BCUT2D eigenvalue weighted by Crippen LogP contribution is 2.40. The van der Waals surface area contributed by atoms with Crippen LogP contribution in [0, 0.1) is 0 Å². The van der Waals surface area contributed by atoms with Crippen LogP contribution < -0.4 is 14.2 Å². The molecule has 0 atom stereocenters. The summed E-state index contributed by atoms with van der Waals surface area (Å²) in [6.07, 6.45) is 2.98. The fourth-order valence-corrected chi connectivity index (χ4v) is 2.56. The van der Waals surface area contributed by atoms with Gasteiger partial charge in [0.25, 0.3) is 0 Å². The lowest BCUT2D eigenvalue weighted by Gasteiger charge is -2.20. The van der Waals surface area contributed by atoms with E-state index in [0.29, 0.717) is 35.5 Å². The largest absolute Gasteiger partial charge is 0.493 e. The Kier molecular flexibility index (Phi) is 5.46. The van der Waals surface area contributed by atoms with Gasteiger partial charge in [0, 0.05) is 16.7 Å². The molecule has 0 radical (unpaired) electrons. The quantitative estimate of drug-likeness (QED) is 0.598. The van der Waals surface area contributed by atoms with E-state index in [1.807, 2.05) is 18.2 Å². The van der Waals surface area contributed by atoms with Crippen LogP contribution in [-0.2, 0) is 16.1 Å². The van der Waals surface area contributed by atoms with Crippen molar-refractivity contribution >= 4 is 23.6 Å². The van der Waals surface area contributed by atoms with Gasteiger partial charge in [0.15, 0.2) is 11.5 Å². The van der Waals surface area contributed by atoms with Crippen LogP contribution >= 0.6 is 11.6 Å². The van der Waals surface area contributed by atoms with Crippen LogP contribution in [0.1, 0.15) is 11.1 Å². The second-order valence-electron chi connectivity index (χ2n) is 5.28. The summed E-state index contributed by atoms with van der Waals surface area (Å²) in [5, 5.41) is 0.566. The molecule has 0 aliphatic carbocycles. The Labute approximate surface area is 150 Å². The summed E-state index contributed by atoms with van der Waals surface area (Å²) in [5.74, 6) is 1.26. The second kappa shape index (κ2) is 7.94. The van der Waals surface area contributed by atoms with Crippen molar-refractivity contribution in [1.82, 2.24) is 0 Å². The molecular formula is C19H17ClO5. The number of esters is 1. The lowest BCUT2D eigenvalue weighted by atomic mass is 10.1. The summed E-state index contributed by atoms with van der Waals surface area (Å²) in [7, 11) is 1.55. The van der Waals surface area contributed by atoms with Crippen LogP contribution in [-0.4, -0.2) is 26.3 Å². The molecule has 1 aliphatic rings. The Morgan fingerprint density at radius 3 is 2.84 bits per heavy atom. The SMILES string of the molecule is COc1cc(/C=C/C(=O)OCc2ccccc2Cl)cc2c1OCCO2. The number of ether oxygens (including phenoxy) is 4. The molecule has 0 N–H and O–H groups in total. The summed E-state index contributed by atoms with van der Waals surface area (Å²) < 4.78 is 21.6. The molecule has 2 aromatic rings. The number of benzene rings is 2. The first kappa shape index (κ1) is 17.2. The van der Waals surface area contributed by atoms with Gasteiger partial charge in [-0.05, 0) is 29.8 Å². The maximum atomic E-state index is 11.9. The zero-order valence-corrected chi connectivity index (χ0v) is 14.4. The van der Waals surface area contributed by atoms with Gasteiger partial charge < -0.3 is 18.9 Å². The summed E-state index contributed by atoms with van der Waals surface area (Å²) in [4.78, 5) is 11.9. The molecule has 0 saturated heterocycles. The van der Waals surface area contributed by atoms with Gasteiger partial charge in [-0.1, -0.05) is 29.8 Å². The summed E-state index contributed by atoms with van der Waals surface area (Å²) in [6.45, 7) is 1.07. The smallest absolute Gasteiger partial charge is 0.331 e. The molecule has 2 aromatic carbocycles. The third-order valence-electron chi connectivity index (χ3n) is 3.59. The molecule has 5 nitrogen and oxygen atoms in total. The zero-order valence-electron chi connectivity index (χ0n) is 13.7. The Morgan fingerprint density at radius 2 is 2.04 bits per heavy atom. The number of carbonyl (C=O) groups excluding carboxylic acids is 1. The molecule has 0 fully saturated rings. The first-order valence-electron chi connectivity index (χ1n) is 7.73. The fourth-order valence-electron chi connectivity index (χ4n) is 2.37. The number of fused-ring (bicyclic) bond motifs is 1. The van der Waals surface area contributed by atoms with E-state index >= 15 is 0 Å². The highest BCUT2D eigenvalue weighted by molar-refractivity contribution is 6.31.